The monoisotopic (exact) mass is 442 g/mol. The van der Waals surface area contributed by atoms with Gasteiger partial charge in [0, 0.05) is 11.6 Å². The number of aliphatic hydroxyl groups is 1. The molecule has 0 aliphatic carbocycles. The van der Waals surface area contributed by atoms with Gasteiger partial charge >= 0.3 is 0 Å². The highest BCUT2D eigenvalue weighted by molar-refractivity contribution is 6.32. The Kier molecular flexibility index (Phi) is 5.34. The van der Waals surface area contributed by atoms with Crippen LogP contribution in [0.5, 0.6) is 0 Å². The smallest absolute Gasteiger partial charge is 0.227 e. The van der Waals surface area contributed by atoms with Crippen LogP contribution in [0, 0.1) is 6.92 Å². The molecule has 3 aromatic rings. The number of anilines is 2. The molecule has 2 aliphatic rings. The van der Waals surface area contributed by atoms with E-state index >= 15 is 0 Å². The summed E-state index contributed by atoms with van der Waals surface area (Å²) in [6.07, 6.45) is 5.13. The molecule has 5 rings (SSSR count). The number of hydrogen-bond donors (Lipinski definition) is 3. The van der Waals surface area contributed by atoms with Gasteiger partial charge in [-0.05, 0) is 69.0 Å². The standard InChI is InChI=1S/C22H27ClN6O2/c1-13-7-15-9-24-21(27-18-10-25-28-20(18)23)26-17(15)8-16(13)14-3-5-29(6-4-14)22(2)12-31-11-19(22)30/h7-10,14,19,30H,3-6,11-12H2,1-2H3,(H,25,28)(H,24,26,27)/t19-,22+/m1/s1. The fourth-order valence-electron chi connectivity index (χ4n) is 4.84. The lowest BCUT2D eigenvalue weighted by atomic mass is 9.84. The maximum absolute atomic E-state index is 10.4. The van der Waals surface area contributed by atoms with Crippen LogP contribution in [-0.2, 0) is 4.74 Å². The number of H-pyrrole nitrogens is 1. The summed E-state index contributed by atoms with van der Waals surface area (Å²) in [5.74, 6) is 0.960. The summed E-state index contributed by atoms with van der Waals surface area (Å²) >= 11 is 6.07. The molecule has 0 radical (unpaired) electrons. The molecule has 0 bridgehead atoms. The van der Waals surface area contributed by atoms with Crippen LogP contribution in [0.4, 0.5) is 11.6 Å². The van der Waals surface area contributed by atoms with Crippen molar-refractivity contribution in [2.45, 2.75) is 44.2 Å². The number of rotatable bonds is 4. The third kappa shape index (κ3) is 3.78. The first-order valence-corrected chi connectivity index (χ1v) is 11.1. The highest BCUT2D eigenvalue weighted by atomic mass is 35.5. The van der Waals surface area contributed by atoms with Crippen LogP contribution in [0.2, 0.25) is 5.15 Å². The first-order valence-electron chi connectivity index (χ1n) is 10.7. The van der Waals surface area contributed by atoms with Crippen LogP contribution < -0.4 is 5.32 Å². The first-order chi connectivity index (χ1) is 14.9. The minimum Gasteiger partial charge on any atom is -0.389 e. The Balaban J connectivity index is 1.36. The quantitative estimate of drug-likeness (QED) is 0.569. The van der Waals surface area contributed by atoms with E-state index < -0.39 is 6.10 Å². The van der Waals surface area contributed by atoms with Crippen molar-refractivity contribution >= 4 is 34.1 Å². The SMILES string of the molecule is Cc1cc2cnc(Nc3cn[nH]c3Cl)nc2cc1C1CCN([C@@]2(C)COC[C@H]2O)CC1. The van der Waals surface area contributed by atoms with E-state index in [1.54, 1.807) is 6.20 Å². The van der Waals surface area contributed by atoms with Crippen molar-refractivity contribution in [1.29, 1.82) is 0 Å². The molecule has 164 valence electrons. The molecule has 2 saturated heterocycles. The van der Waals surface area contributed by atoms with Crippen molar-refractivity contribution in [3.63, 3.8) is 0 Å². The largest absolute Gasteiger partial charge is 0.389 e. The molecule has 0 amide bonds. The van der Waals surface area contributed by atoms with Crippen molar-refractivity contribution < 1.29 is 9.84 Å². The van der Waals surface area contributed by atoms with Gasteiger partial charge in [0.05, 0.1) is 42.3 Å². The third-order valence-electron chi connectivity index (χ3n) is 6.85. The van der Waals surface area contributed by atoms with Gasteiger partial charge in [-0.2, -0.15) is 5.10 Å². The number of hydrogen-bond acceptors (Lipinski definition) is 7. The fraction of sp³-hybridized carbons (Fsp3) is 0.500. The minimum atomic E-state index is -0.419. The van der Waals surface area contributed by atoms with E-state index in [0.717, 1.165) is 36.8 Å². The second-order valence-electron chi connectivity index (χ2n) is 8.83. The number of nitrogens with zero attached hydrogens (tertiary/aromatic N) is 4. The Hall–Kier alpha value is -2.26. The number of nitrogens with one attached hydrogen (secondary N) is 2. The van der Waals surface area contributed by atoms with Gasteiger partial charge in [-0.3, -0.25) is 10.00 Å². The van der Waals surface area contributed by atoms with Gasteiger partial charge in [0.1, 0.15) is 5.15 Å². The predicted octanol–water partition coefficient (Wildman–Crippen LogP) is 3.39. The summed E-state index contributed by atoms with van der Waals surface area (Å²) in [5.41, 5.74) is 3.89. The Labute approximate surface area is 186 Å². The van der Waals surface area contributed by atoms with Gasteiger partial charge in [0.2, 0.25) is 5.95 Å². The number of likely N-dealkylation sites (tertiary alicyclic amines) is 1. The molecule has 0 unspecified atom stereocenters. The molecule has 2 fully saturated rings. The predicted molar refractivity (Wildman–Crippen MR) is 120 cm³/mol. The number of halogens is 1. The molecule has 2 aromatic heterocycles. The van der Waals surface area contributed by atoms with E-state index in [1.807, 2.05) is 6.20 Å². The van der Waals surface area contributed by atoms with E-state index in [2.05, 4.69) is 51.4 Å². The maximum atomic E-state index is 10.4. The topological polar surface area (TPSA) is 99.2 Å². The second-order valence-corrected chi connectivity index (χ2v) is 9.21. The van der Waals surface area contributed by atoms with Crippen LogP contribution >= 0.6 is 11.6 Å². The zero-order valence-electron chi connectivity index (χ0n) is 17.7. The van der Waals surface area contributed by atoms with Crippen LogP contribution in [0.25, 0.3) is 10.9 Å². The number of piperidine rings is 1. The zero-order chi connectivity index (χ0) is 21.6. The molecule has 0 saturated carbocycles. The summed E-state index contributed by atoms with van der Waals surface area (Å²) in [7, 11) is 0. The normalized spacial score (nSPS) is 25.4. The third-order valence-corrected chi connectivity index (χ3v) is 7.14. The summed E-state index contributed by atoms with van der Waals surface area (Å²) in [5, 5.41) is 21.5. The molecular weight excluding hydrogens is 416 g/mol. The molecule has 2 aliphatic heterocycles. The average molecular weight is 443 g/mol. The molecule has 4 heterocycles. The summed E-state index contributed by atoms with van der Waals surface area (Å²) in [6, 6.07) is 4.37. The average Bonchev–Trinajstić information content (AvgIpc) is 3.33. The van der Waals surface area contributed by atoms with Gasteiger partial charge in [0.15, 0.2) is 0 Å². The van der Waals surface area contributed by atoms with Crippen molar-refractivity contribution in [2.75, 3.05) is 31.6 Å². The van der Waals surface area contributed by atoms with Gasteiger partial charge in [-0.15, -0.1) is 0 Å². The molecular formula is C22H27ClN6O2. The van der Waals surface area contributed by atoms with Crippen molar-refractivity contribution in [3.8, 4) is 0 Å². The number of fused-ring (bicyclic) bond motifs is 1. The molecule has 9 heteroatoms. The maximum Gasteiger partial charge on any atom is 0.227 e. The lowest BCUT2D eigenvalue weighted by Crippen LogP contribution is -2.56. The van der Waals surface area contributed by atoms with Gasteiger partial charge in [-0.25, -0.2) is 9.97 Å². The molecule has 31 heavy (non-hydrogen) atoms. The lowest BCUT2D eigenvalue weighted by molar-refractivity contribution is -0.00214. The van der Waals surface area contributed by atoms with Crippen LogP contribution in [0.3, 0.4) is 0 Å². The van der Waals surface area contributed by atoms with E-state index in [4.69, 9.17) is 21.3 Å². The number of aromatic nitrogens is 4. The molecule has 0 spiro atoms. The van der Waals surface area contributed by atoms with E-state index in [0.29, 0.717) is 35.9 Å². The van der Waals surface area contributed by atoms with Gasteiger partial charge in [-0.1, -0.05) is 11.6 Å². The number of aliphatic hydroxyl groups excluding tert-OH is 1. The summed E-state index contributed by atoms with van der Waals surface area (Å²) < 4.78 is 5.53. The zero-order valence-corrected chi connectivity index (χ0v) is 18.5. The molecule has 3 N–H and O–H groups in total. The highest BCUT2D eigenvalue weighted by Gasteiger charge is 2.44. The number of benzene rings is 1. The van der Waals surface area contributed by atoms with Gasteiger partial charge in [0.25, 0.3) is 0 Å². The lowest BCUT2D eigenvalue weighted by Gasteiger charge is -2.43. The van der Waals surface area contributed by atoms with Crippen molar-refractivity contribution in [1.82, 2.24) is 25.1 Å². The minimum absolute atomic E-state index is 0.272. The number of aryl methyl sites for hydroxylation is 1. The van der Waals surface area contributed by atoms with Crippen LogP contribution in [-0.4, -0.2) is 68.1 Å². The van der Waals surface area contributed by atoms with Crippen molar-refractivity contribution in [3.05, 3.63) is 40.8 Å². The van der Waals surface area contributed by atoms with Crippen LogP contribution in [0.15, 0.2) is 24.5 Å². The number of aromatic amines is 1. The van der Waals surface area contributed by atoms with Gasteiger partial charge < -0.3 is 15.2 Å². The van der Waals surface area contributed by atoms with Crippen LogP contribution in [0.1, 0.15) is 36.8 Å². The fourth-order valence-corrected chi connectivity index (χ4v) is 4.99. The first kappa shape index (κ1) is 20.6. The van der Waals surface area contributed by atoms with E-state index in [-0.39, 0.29) is 5.54 Å². The van der Waals surface area contributed by atoms with E-state index in [1.165, 1.54) is 11.1 Å². The Bertz CT molecular complexity index is 1100. The molecule has 8 nitrogen and oxygen atoms in total. The Morgan fingerprint density at radius 3 is 2.77 bits per heavy atom. The summed E-state index contributed by atoms with van der Waals surface area (Å²) in [6.45, 7) is 7.21. The number of ether oxygens (including phenoxy) is 1. The Morgan fingerprint density at radius 2 is 2.10 bits per heavy atom. The van der Waals surface area contributed by atoms with Crippen molar-refractivity contribution in [2.24, 2.45) is 0 Å². The molecule has 2 atom stereocenters. The van der Waals surface area contributed by atoms with E-state index in [9.17, 15) is 5.11 Å². The highest BCUT2D eigenvalue weighted by Crippen LogP contribution is 2.36. The Morgan fingerprint density at radius 1 is 1.29 bits per heavy atom. The second kappa shape index (κ2) is 8.02. The summed E-state index contributed by atoms with van der Waals surface area (Å²) in [4.78, 5) is 11.5. The molecule has 1 aromatic carbocycles.